The number of aromatic hydroxyl groups is 2. The number of alkyl halides is 6. The third-order valence-corrected chi connectivity index (χ3v) is 4.34. The van der Waals surface area contributed by atoms with Gasteiger partial charge in [-0.25, -0.2) is 0 Å². The van der Waals surface area contributed by atoms with Gasteiger partial charge in [-0.05, 0) is 35.4 Å². The fourth-order valence-corrected chi connectivity index (χ4v) is 2.93. The van der Waals surface area contributed by atoms with Crippen LogP contribution in [0.1, 0.15) is 22.3 Å². The lowest BCUT2D eigenvalue weighted by Crippen LogP contribution is -2.54. The van der Waals surface area contributed by atoms with Crippen molar-refractivity contribution in [1.29, 1.82) is 0 Å². The van der Waals surface area contributed by atoms with Crippen LogP contribution in [0, 0.1) is 24.7 Å². The summed E-state index contributed by atoms with van der Waals surface area (Å²) < 4.78 is 84.8. The monoisotopic (exact) mass is 414 g/mol. The van der Waals surface area contributed by atoms with E-state index in [-0.39, 0.29) is 12.1 Å². The molecule has 0 unspecified atom stereocenters. The minimum atomic E-state index is -6.01. The van der Waals surface area contributed by atoms with Crippen molar-refractivity contribution in [2.45, 2.75) is 17.8 Å². The van der Waals surface area contributed by atoms with Crippen LogP contribution in [0.2, 0.25) is 0 Å². The Morgan fingerprint density at radius 2 is 1.00 bits per heavy atom. The normalized spacial score (nSPS) is 12.3. The summed E-state index contributed by atoms with van der Waals surface area (Å²) in [5.41, 5.74) is 0.859. The van der Waals surface area contributed by atoms with Crippen LogP contribution in [0.25, 0.3) is 0 Å². The number of benzene rings is 2. The second-order valence-electron chi connectivity index (χ2n) is 5.95. The van der Waals surface area contributed by atoms with E-state index in [0.29, 0.717) is 12.1 Å². The second kappa shape index (κ2) is 6.74. The van der Waals surface area contributed by atoms with Crippen molar-refractivity contribution in [3.8, 4) is 36.2 Å². The molecular formula is C19H12F6N2O2. The van der Waals surface area contributed by atoms with Crippen LogP contribution in [0.3, 0.4) is 0 Å². The van der Waals surface area contributed by atoms with E-state index in [4.69, 9.17) is 24.3 Å². The molecule has 0 bridgehead atoms. The van der Waals surface area contributed by atoms with Gasteiger partial charge in [0.2, 0.25) is 5.41 Å². The molecule has 6 N–H and O–H groups in total. The molecule has 0 aromatic heterocycles. The smallest absolute Gasteiger partial charge is 0.411 e. The van der Waals surface area contributed by atoms with Crippen molar-refractivity contribution in [2.75, 3.05) is 11.5 Å². The highest BCUT2D eigenvalue weighted by molar-refractivity contribution is 5.69. The first-order valence-electron chi connectivity index (χ1n) is 7.55. The van der Waals surface area contributed by atoms with Crippen LogP contribution in [-0.2, 0) is 5.41 Å². The molecule has 2 aromatic carbocycles. The summed E-state index contributed by atoms with van der Waals surface area (Å²) in [4.78, 5) is 0. The van der Waals surface area contributed by atoms with Gasteiger partial charge in [-0.1, -0.05) is 11.8 Å². The Bertz CT molecular complexity index is 973. The number of rotatable bonds is 2. The van der Waals surface area contributed by atoms with Crippen molar-refractivity contribution in [2.24, 2.45) is 0 Å². The Hall–Kier alpha value is -3.66. The lowest BCUT2D eigenvalue weighted by molar-refractivity contribution is -0.288. The highest BCUT2D eigenvalue weighted by Gasteiger charge is 2.73. The molecule has 10 heteroatoms. The van der Waals surface area contributed by atoms with Crippen molar-refractivity contribution in [3.05, 3.63) is 46.5 Å². The molecule has 0 saturated carbocycles. The number of halogens is 6. The quantitative estimate of drug-likeness (QED) is 0.261. The minimum Gasteiger partial charge on any atom is -0.506 e. The minimum absolute atomic E-state index is 0.208. The molecular weight excluding hydrogens is 402 g/mol. The number of phenols is 2. The molecule has 152 valence electrons. The number of nitrogens with two attached hydrogens (primary N) is 2. The summed E-state index contributed by atoms with van der Waals surface area (Å²) in [6.07, 6.45) is -1.83. The molecule has 0 atom stereocenters. The summed E-state index contributed by atoms with van der Waals surface area (Å²) >= 11 is 0. The van der Waals surface area contributed by atoms with Crippen molar-refractivity contribution >= 4 is 11.4 Å². The van der Waals surface area contributed by atoms with Gasteiger partial charge in [-0.2, -0.15) is 26.3 Å². The van der Waals surface area contributed by atoms with Crippen LogP contribution < -0.4 is 11.5 Å². The predicted octanol–water partition coefficient (Wildman–Crippen LogP) is 3.64. The zero-order chi connectivity index (χ0) is 22.4. The van der Waals surface area contributed by atoms with Gasteiger partial charge in [0.1, 0.15) is 11.5 Å². The zero-order valence-electron chi connectivity index (χ0n) is 14.3. The molecule has 0 radical (unpaired) electrons. The van der Waals surface area contributed by atoms with Crippen molar-refractivity contribution < 1.29 is 36.6 Å². The molecule has 0 aliphatic carbocycles. The largest absolute Gasteiger partial charge is 0.506 e. The maximum atomic E-state index is 14.1. The average Bonchev–Trinajstić information content (AvgIpc) is 2.58. The van der Waals surface area contributed by atoms with Crippen LogP contribution in [0.15, 0.2) is 24.3 Å². The number of hydrogen-bond acceptors (Lipinski definition) is 4. The van der Waals surface area contributed by atoms with Gasteiger partial charge in [0.25, 0.3) is 0 Å². The maximum Gasteiger partial charge on any atom is 0.411 e. The second-order valence-corrected chi connectivity index (χ2v) is 5.95. The van der Waals surface area contributed by atoms with E-state index in [0.717, 1.165) is 0 Å². The predicted molar refractivity (Wildman–Crippen MR) is 93.8 cm³/mol. The topological polar surface area (TPSA) is 92.5 Å². The lowest BCUT2D eigenvalue weighted by atomic mass is 9.71. The highest BCUT2D eigenvalue weighted by atomic mass is 19.4. The van der Waals surface area contributed by atoms with Gasteiger partial charge < -0.3 is 21.7 Å². The van der Waals surface area contributed by atoms with Gasteiger partial charge in [-0.3, -0.25) is 0 Å². The SMILES string of the molecule is C#Cc1cc(C(c2cc(O)c(N)c(C#C)c2)(C(F)(F)F)C(F)(F)F)cc(O)c1N. The van der Waals surface area contributed by atoms with Gasteiger partial charge in [-0.15, -0.1) is 12.8 Å². The van der Waals surface area contributed by atoms with Crippen LogP contribution in [0.4, 0.5) is 37.7 Å². The van der Waals surface area contributed by atoms with Crippen LogP contribution >= 0.6 is 0 Å². The summed E-state index contributed by atoms with van der Waals surface area (Å²) in [5.74, 6) is 1.49. The van der Waals surface area contributed by atoms with E-state index in [9.17, 15) is 36.6 Å². The Kier molecular flexibility index (Phi) is 5.03. The van der Waals surface area contributed by atoms with Gasteiger partial charge in [0.15, 0.2) is 0 Å². The molecule has 0 amide bonds. The summed E-state index contributed by atoms with van der Waals surface area (Å²) in [7, 11) is 0. The first kappa shape index (κ1) is 21.6. The molecule has 0 heterocycles. The molecule has 0 fully saturated rings. The zero-order valence-corrected chi connectivity index (χ0v) is 14.3. The summed E-state index contributed by atoms with van der Waals surface area (Å²) in [5, 5.41) is 19.6. The fraction of sp³-hybridized carbons (Fsp3) is 0.158. The molecule has 4 nitrogen and oxygen atoms in total. The van der Waals surface area contributed by atoms with E-state index in [2.05, 4.69) is 0 Å². The van der Waals surface area contributed by atoms with Gasteiger partial charge >= 0.3 is 12.4 Å². The van der Waals surface area contributed by atoms with Crippen LogP contribution in [-0.4, -0.2) is 22.6 Å². The lowest BCUT2D eigenvalue weighted by Gasteiger charge is -2.38. The van der Waals surface area contributed by atoms with E-state index in [1.807, 2.05) is 11.8 Å². The molecule has 0 aliphatic rings. The number of terminal acetylenes is 2. The van der Waals surface area contributed by atoms with E-state index in [1.165, 1.54) is 0 Å². The molecule has 2 rings (SSSR count). The highest BCUT2D eigenvalue weighted by Crippen LogP contribution is 2.57. The molecule has 0 spiro atoms. The fourth-order valence-electron chi connectivity index (χ4n) is 2.93. The Morgan fingerprint density at radius 1 is 0.690 bits per heavy atom. The molecule has 0 aliphatic heterocycles. The Labute approximate surface area is 160 Å². The average molecular weight is 414 g/mol. The van der Waals surface area contributed by atoms with Crippen LogP contribution in [0.5, 0.6) is 11.5 Å². The number of phenolic OH excluding ortho intramolecular Hbond substituents is 2. The standard InChI is InChI=1S/C19H12F6N2O2/c1-3-9-5-11(7-13(28)15(9)26)17(18(20,21)22,19(23,24)25)12-6-10(4-2)16(27)14(29)8-12/h1-2,5-8,28-29H,26-27H2. The van der Waals surface area contributed by atoms with E-state index < -0.39 is 62.9 Å². The molecule has 29 heavy (non-hydrogen) atoms. The number of anilines is 2. The summed E-state index contributed by atoms with van der Waals surface area (Å²) in [6.45, 7) is 0. The van der Waals surface area contributed by atoms with E-state index in [1.54, 1.807) is 0 Å². The van der Waals surface area contributed by atoms with E-state index >= 15 is 0 Å². The first-order chi connectivity index (χ1) is 13.2. The third-order valence-electron chi connectivity index (χ3n) is 4.34. The number of hydrogen-bond donors (Lipinski definition) is 4. The van der Waals surface area contributed by atoms with Crippen molar-refractivity contribution in [3.63, 3.8) is 0 Å². The van der Waals surface area contributed by atoms with Gasteiger partial charge in [0.05, 0.1) is 22.5 Å². The van der Waals surface area contributed by atoms with Crippen molar-refractivity contribution in [1.82, 2.24) is 0 Å². The maximum absolute atomic E-state index is 14.1. The summed E-state index contributed by atoms with van der Waals surface area (Å²) in [6, 6.07) is 1.19. The molecule has 0 saturated heterocycles. The third kappa shape index (κ3) is 3.13. The Balaban J connectivity index is 3.14. The first-order valence-corrected chi connectivity index (χ1v) is 7.55. The Morgan fingerprint density at radius 3 is 1.24 bits per heavy atom. The number of nitrogen functional groups attached to an aromatic ring is 2. The molecule has 2 aromatic rings. The van der Waals surface area contributed by atoms with Gasteiger partial charge in [0, 0.05) is 0 Å².